The number of carbonyl (C=O) groups is 1. The highest BCUT2D eigenvalue weighted by molar-refractivity contribution is 5.69. The van der Waals surface area contributed by atoms with Crippen LogP contribution in [0.15, 0.2) is 0 Å². The Morgan fingerprint density at radius 1 is 1.41 bits per heavy atom. The zero-order valence-corrected chi connectivity index (χ0v) is 11.1. The van der Waals surface area contributed by atoms with E-state index in [0.717, 1.165) is 45.5 Å². The van der Waals surface area contributed by atoms with E-state index in [1.54, 1.807) is 0 Å². The molecule has 1 saturated heterocycles. The van der Waals surface area contributed by atoms with Crippen LogP contribution in [0.25, 0.3) is 0 Å². The molecule has 4 heteroatoms. The van der Waals surface area contributed by atoms with Gasteiger partial charge in [-0.15, -0.1) is 0 Å². The lowest BCUT2D eigenvalue weighted by Gasteiger charge is -2.30. The summed E-state index contributed by atoms with van der Waals surface area (Å²) in [5.74, 6) is -0.0625. The van der Waals surface area contributed by atoms with Crippen LogP contribution < -0.4 is 0 Å². The summed E-state index contributed by atoms with van der Waals surface area (Å²) in [6.07, 6.45) is 4.13. The molecular weight excluding hydrogens is 218 g/mol. The van der Waals surface area contributed by atoms with E-state index in [1.807, 2.05) is 6.92 Å². The van der Waals surface area contributed by atoms with Crippen LogP contribution in [-0.2, 0) is 14.3 Å². The van der Waals surface area contributed by atoms with Gasteiger partial charge in [-0.1, -0.05) is 6.42 Å². The first-order valence-electron chi connectivity index (χ1n) is 6.72. The van der Waals surface area contributed by atoms with Crippen molar-refractivity contribution < 1.29 is 14.3 Å². The summed E-state index contributed by atoms with van der Waals surface area (Å²) < 4.78 is 10.4. The summed E-state index contributed by atoms with van der Waals surface area (Å²) in [6, 6.07) is 0. The van der Waals surface area contributed by atoms with E-state index in [9.17, 15) is 4.79 Å². The number of rotatable bonds is 7. The maximum absolute atomic E-state index is 11.1. The van der Waals surface area contributed by atoms with Crippen LogP contribution >= 0.6 is 0 Å². The SMILES string of the molecule is CCOC(=O)CCCCCN1CCOC(C)C1. The van der Waals surface area contributed by atoms with Crippen molar-refractivity contribution in [3.63, 3.8) is 0 Å². The molecule has 1 heterocycles. The number of carbonyl (C=O) groups excluding carboxylic acids is 1. The van der Waals surface area contributed by atoms with Gasteiger partial charge < -0.3 is 9.47 Å². The van der Waals surface area contributed by atoms with Gasteiger partial charge in [-0.25, -0.2) is 0 Å². The number of esters is 1. The number of hydrogen-bond acceptors (Lipinski definition) is 4. The number of ether oxygens (including phenoxy) is 2. The lowest BCUT2D eigenvalue weighted by atomic mass is 10.2. The third-order valence-corrected chi connectivity index (χ3v) is 2.99. The molecule has 0 amide bonds. The van der Waals surface area contributed by atoms with E-state index >= 15 is 0 Å². The molecular formula is C13H25NO3. The molecule has 100 valence electrons. The Hall–Kier alpha value is -0.610. The third-order valence-electron chi connectivity index (χ3n) is 2.99. The third kappa shape index (κ3) is 6.64. The predicted molar refractivity (Wildman–Crippen MR) is 67.0 cm³/mol. The predicted octanol–water partition coefficient (Wildman–Crippen LogP) is 1.83. The fraction of sp³-hybridized carbons (Fsp3) is 0.923. The Kier molecular flexibility index (Phi) is 7.21. The minimum atomic E-state index is -0.0625. The van der Waals surface area contributed by atoms with Crippen molar-refractivity contribution in [2.75, 3.05) is 32.8 Å². The van der Waals surface area contributed by atoms with Gasteiger partial charge in [0.05, 0.1) is 19.3 Å². The number of nitrogens with zero attached hydrogens (tertiary/aromatic N) is 1. The molecule has 1 unspecified atom stereocenters. The van der Waals surface area contributed by atoms with Crippen LogP contribution in [0.1, 0.15) is 39.5 Å². The van der Waals surface area contributed by atoms with Crippen LogP contribution in [0.4, 0.5) is 0 Å². The van der Waals surface area contributed by atoms with E-state index in [2.05, 4.69) is 11.8 Å². The molecule has 1 aliphatic heterocycles. The number of morpholine rings is 1. The molecule has 17 heavy (non-hydrogen) atoms. The first kappa shape index (κ1) is 14.5. The lowest BCUT2D eigenvalue weighted by Crippen LogP contribution is -2.41. The molecule has 1 fully saturated rings. The maximum Gasteiger partial charge on any atom is 0.305 e. The average Bonchev–Trinajstić information content (AvgIpc) is 2.29. The molecule has 1 rings (SSSR count). The second kappa shape index (κ2) is 8.48. The summed E-state index contributed by atoms with van der Waals surface area (Å²) in [4.78, 5) is 13.5. The second-order valence-electron chi connectivity index (χ2n) is 4.60. The molecule has 0 radical (unpaired) electrons. The summed E-state index contributed by atoms with van der Waals surface area (Å²) in [7, 11) is 0. The molecule has 0 bridgehead atoms. The monoisotopic (exact) mass is 243 g/mol. The Morgan fingerprint density at radius 2 is 2.24 bits per heavy atom. The van der Waals surface area contributed by atoms with Gasteiger partial charge >= 0.3 is 5.97 Å². The topological polar surface area (TPSA) is 38.8 Å². The number of unbranched alkanes of at least 4 members (excludes halogenated alkanes) is 2. The van der Waals surface area contributed by atoms with Crippen LogP contribution in [-0.4, -0.2) is 49.8 Å². The summed E-state index contributed by atoms with van der Waals surface area (Å²) in [5, 5.41) is 0. The molecule has 0 aromatic heterocycles. The van der Waals surface area contributed by atoms with Gasteiger partial charge in [0.1, 0.15) is 0 Å². The largest absolute Gasteiger partial charge is 0.466 e. The molecule has 0 saturated carbocycles. The molecule has 1 atom stereocenters. The van der Waals surface area contributed by atoms with Crippen molar-refractivity contribution in [2.45, 2.75) is 45.6 Å². The molecule has 0 aromatic carbocycles. The first-order chi connectivity index (χ1) is 8.22. The fourth-order valence-corrected chi connectivity index (χ4v) is 2.11. The highest BCUT2D eigenvalue weighted by Crippen LogP contribution is 2.07. The Morgan fingerprint density at radius 3 is 2.94 bits per heavy atom. The van der Waals surface area contributed by atoms with Crippen molar-refractivity contribution in [3.8, 4) is 0 Å². The first-order valence-corrected chi connectivity index (χ1v) is 6.72. The fourth-order valence-electron chi connectivity index (χ4n) is 2.11. The van der Waals surface area contributed by atoms with Gasteiger partial charge in [0.15, 0.2) is 0 Å². The highest BCUT2D eigenvalue weighted by Gasteiger charge is 2.15. The molecule has 0 aliphatic carbocycles. The van der Waals surface area contributed by atoms with Gasteiger partial charge in [0.25, 0.3) is 0 Å². The van der Waals surface area contributed by atoms with E-state index in [0.29, 0.717) is 19.1 Å². The maximum atomic E-state index is 11.1. The minimum Gasteiger partial charge on any atom is -0.466 e. The van der Waals surface area contributed by atoms with Gasteiger partial charge in [-0.3, -0.25) is 9.69 Å². The average molecular weight is 243 g/mol. The van der Waals surface area contributed by atoms with Crippen molar-refractivity contribution in [3.05, 3.63) is 0 Å². The van der Waals surface area contributed by atoms with Gasteiger partial charge in [0, 0.05) is 19.5 Å². The van der Waals surface area contributed by atoms with Crippen molar-refractivity contribution in [2.24, 2.45) is 0 Å². The van der Waals surface area contributed by atoms with Gasteiger partial charge in [0.2, 0.25) is 0 Å². The Bertz CT molecular complexity index is 221. The Labute approximate surface area is 104 Å². The van der Waals surface area contributed by atoms with E-state index in [4.69, 9.17) is 9.47 Å². The second-order valence-corrected chi connectivity index (χ2v) is 4.60. The summed E-state index contributed by atoms with van der Waals surface area (Å²) in [6.45, 7) is 8.51. The van der Waals surface area contributed by atoms with Crippen LogP contribution in [0.5, 0.6) is 0 Å². The number of hydrogen-bond donors (Lipinski definition) is 0. The van der Waals surface area contributed by atoms with Crippen LogP contribution in [0, 0.1) is 0 Å². The summed E-state index contributed by atoms with van der Waals surface area (Å²) in [5.41, 5.74) is 0. The zero-order chi connectivity index (χ0) is 12.5. The lowest BCUT2D eigenvalue weighted by molar-refractivity contribution is -0.143. The van der Waals surface area contributed by atoms with Gasteiger partial charge in [-0.05, 0) is 33.2 Å². The van der Waals surface area contributed by atoms with Crippen LogP contribution in [0.2, 0.25) is 0 Å². The highest BCUT2D eigenvalue weighted by atomic mass is 16.5. The van der Waals surface area contributed by atoms with E-state index < -0.39 is 0 Å². The van der Waals surface area contributed by atoms with Crippen molar-refractivity contribution in [1.82, 2.24) is 4.90 Å². The summed E-state index contributed by atoms with van der Waals surface area (Å²) >= 11 is 0. The Balaban J connectivity index is 1.95. The molecule has 1 aliphatic rings. The molecule has 0 N–H and O–H groups in total. The van der Waals surface area contributed by atoms with E-state index in [1.165, 1.54) is 0 Å². The normalized spacial score (nSPS) is 21.4. The smallest absolute Gasteiger partial charge is 0.305 e. The van der Waals surface area contributed by atoms with Gasteiger partial charge in [-0.2, -0.15) is 0 Å². The van der Waals surface area contributed by atoms with Crippen molar-refractivity contribution in [1.29, 1.82) is 0 Å². The molecule has 4 nitrogen and oxygen atoms in total. The zero-order valence-electron chi connectivity index (χ0n) is 11.1. The molecule has 0 spiro atoms. The van der Waals surface area contributed by atoms with E-state index in [-0.39, 0.29) is 5.97 Å². The minimum absolute atomic E-state index is 0.0625. The standard InChI is InChI=1S/C13H25NO3/c1-3-16-13(15)7-5-4-6-8-14-9-10-17-12(2)11-14/h12H,3-11H2,1-2H3. The molecule has 0 aromatic rings. The van der Waals surface area contributed by atoms with Crippen LogP contribution in [0.3, 0.4) is 0 Å². The quantitative estimate of drug-likeness (QED) is 0.505. The van der Waals surface area contributed by atoms with Crippen molar-refractivity contribution >= 4 is 5.97 Å².